The van der Waals surface area contributed by atoms with Gasteiger partial charge < -0.3 is 41.1 Å². The molecule has 18 nitrogen and oxygen atoms in total. The molecule has 0 saturated carbocycles. The standard InChI is InChI=1S/C45H60N4O14/c1-21-36-24(10-13-30(52)53)41(3,4)28(47-36)18-27-23(9-12-29(50)51)43(6,19-34(60)61)39(46-27)22(2)37-25(11-14-31(54)55)44(7,20-35(62)63)45(8,49-37)40-26(17-33(58)59)42(5,38(21)48-40)16-15-32(56)57/h18,23-26,40,46H,9-17,19-20H2,1-8H3,(H,50,51)(H,52,53)(H,54,55)(H,56,57)(H,58,59)(H,60,61)(H,62,63)/b27-18?,36-21?,39-22-/t23-,24-,25-,26+,40+,42-,43+,44+,45+/m1/s1. The summed E-state index contributed by atoms with van der Waals surface area (Å²) in [5, 5.41) is 75.1. The Kier molecular flexibility index (Phi) is 13.1. The number of carboxylic acid groups (broad SMARTS) is 7. The maximum absolute atomic E-state index is 13.1. The molecule has 5 heterocycles. The van der Waals surface area contributed by atoms with Gasteiger partial charge in [-0.05, 0) is 63.7 Å². The van der Waals surface area contributed by atoms with Crippen LogP contribution in [0, 0.1) is 45.3 Å². The van der Waals surface area contributed by atoms with Crippen LogP contribution in [0.2, 0.25) is 0 Å². The fourth-order valence-electron chi connectivity index (χ4n) is 11.8. The van der Waals surface area contributed by atoms with Crippen LogP contribution >= 0.6 is 0 Å². The minimum absolute atomic E-state index is 0.0202. The van der Waals surface area contributed by atoms with E-state index in [-0.39, 0.29) is 44.2 Å². The predicted molar refractivity (Wildman–Crippen MR) is 227 cm³/mol. The molecule has 0 aromatic heterocycles. The Balaban J connectivity index is 2.03. The third-order valence-electron chi connectivity index (χ3n) is 15.3. The molecule has 5 rings (SSSR count). The van der Waals surface area contributed by atoms with E-state index >= 15 is 0 Å². The fourth-order valence-corrected chi connectivity index (χ4v) is 11.8. The summed E-state index contributed by atoms with van der Waals surface area (Å²) in [5.74, 6) is -11.5. The Hall–Kier alpha value is -5.68. The number of nitrogens with zero attached hydrogens (tertiary/aromatic N) is 3. The number of carboxylic acids is 7. The van der Waals surface area contributed by atoms with Crippen LogP contribution in [0.4, 0.5) is 0 Å². The van der Waals surface area contributed by atoms with Crippen LogP contribution in [0.3, 0.4) is 0 Å². The number of allylic oxidation sites excluding steroid dienone is 6. The molecule has 0 aliphatic carbocycles. The molecule has 9 atom stereocenters. The van der Waals surface area contributed by atoms with E-state index in [2.05, 4.69) is 5.32 Å². The molecule has 1 saturated heterocycles. The average molecular weight is 881 g/mol. The van der Waals surface area contributed by atoms with Gasteiger partial charge >= 0.3 is 41.8 Å². The number of rotatable bonds is 18. The molecule has 8 bridgehead atoms. The van der Waals surface area contributed by atoms with Gasteiger partial charge in [0.15, 0.2) is 0 Å². The van der Waals surface area contributed by atoms with Gasteiger partial charge in [-0.25, -0.2) is 0 Å². The molecule has 0 spiro atoms. The summed E-state index contributed by atoms with van der Waals surface area (Å²) < 4.78 is 0. The topological polar surface area (TPSA) is 310 Å². The van der Waals surface area contributed by atoms with Crippen molar-refractivity contribution in [2.75, 3.05) is 0 Å². The van der Waals surface area contributed by atoms with Crippen molar-refractivity contribution in [3.8, 4) is 0 Å². The maximum Gasteiger partial charge on any atom is 0.304 e. The Morgan fingerprint density at radius 1 is 0.635 bits per heavy atom. The molecule has 18 heteroatoms. The summed E-state index contributed by atoms with van der Waals surface area (Å²) in [6.45, 7) is 13.9. The van der Waals surface area contributed by atoms with E-state index in [1.54, 1.807) is 47.6 Å². The van der Waals surface area contributed by atoms with Gasteiger partial charge in [0.25, 0.3) is 0 Å². The van der Waals surface area contributed by atoms with Crippen LogP contribution in [0.25, 0.3) is 0 Å². The molecule has 0 aromatic rings. The van der Waals surface area contributed by atoms with Crippen LogP contribution in [-0.2, 0) is 33.6 Å². The lowest BCUT2D eigenvalue weighted by atomic mass is 9.55. The summed E-state index contributed by atoms with van der Waals surface area (Å²) in [5.41, 5.74) is -3.60. The molecular weight excluding hydrogens is 821 g/mol. The van der Waals surface area contributed by atoms with Gasteiger partial charge in [-0.15, -0.1) is 0 Å². The number of hydrogen-bond donors (Lipinski definition) is 8. The van der Waals surface area contributed by atoms with E-state index in [0.29, 0.717) is 39.7 Å². The van der Waals surface area contributed by atoms with Crippen LogP contribution in [0.1, 0.15) is 126 Å². The molecule has 1 fully saturated rings. The first-order chi connectivity index (χ1) is 29.0. The highest BCUT2D eigenvalue weighted by Gasteiger charge is 2.66. The zero-order valence-corrected chi connectivity index (χ0v) is 37.1. The van der Waals surface area contributed by atoms with Gasteiger partial charge in [0.05, 0.1) is 30.8 Å². The Labute approximate surface area is 365 Å². The van der Waals surface area contributed by atoms with Crippen molar-refractivity contribution in [2.45, 2.75) is 138 Å². The van der Waals surface area contributed by atoms with Gasteiger partial charge in [0, 0.05) is 105 Å². The van der Waals surface area contributed by atoms with Crippen molar-refractivity contribution in [3.05, 3.63) is 34.3 Å². The number of fused-ring (bicyclic) bond motifs is 6. The van der Waals surface area contributed by atoms with E-state index in [0.717, 1.165) is 0 Å². The van der Waals surface area contributed by atoms with Crippen LogP contribution < -0.4 is 5.32 Å². The lowest BCUT2D eigenvalue weighted by Gasteiger charge is -2.48. The molecule has 0 amide bonds. The molecular formula is C45H60N4O14. The third-order valence-corrected chi connectivity index (χ3v) is 15.3. The normalized spacial score (nSPS) is 34.2. The van der Waals surface area contributed by atoms with E-state index in [9.17, 15) is 69.3 Å². The van der Waals surface area contributed by atoms with Crippen molar-refractivity contribution in [3.63, 3.8) is 0 Å². The zero-order chi connectivity index (χ0) is 47.4. The van der Waals surface area contributed by atoms with Crippen molar-refractivity contribution in [1.82, 2.24) is 5.32 Å². The minimum Gasteiger partial charge on any atom is -0.481 e. The summed E-state index contributed by atoms with van der Waals surface area (Å²) in [6, 6.07) is -1.15. The minimum atomic E-state index is -1.63. The Morgan fingerprint density at radius 3 is 1.67 bits per heavy atom. The Bertz CT molecular complexity index is 2220. The molecule has 5 aliphatic rings. The lowest BCUT2D eigenvalue weighted by Crippen LogP contribution is -2.55. The largest absolute Gasteiger partial charge is 0.481 e. The van der Waals surface area contributed by atoms with E-state index < -0.39 is 131 Å². The first-order valence-electron chi connectivity index (χ1n) is 21.3. The van der Waals surface area contributed by atoms with Gasteiger partial charge in [-0.3, -0.25) is 48.5 Å². The molecule has 0 unspecified atom stereocenters. The molecule has 63 heavy (non-hydrogen) atoms. The van der Waals surface area contributed by atoms with Crippen molar-refractivity contribution < 1.29 is 69.3 Å². The third kappa shape index (κ3) is 8.56. The van der Waals surface area contributed by atoms with Crippen molar-refractivity contribution in [2.24, 2.45) is 60.3 Å². The molecule has 344 valence electrons. The van der Waals surface area contributed by atoms with E-state index in [1.807, 2.05) is 13.8 Å². The molecule has 8 N–H and O–H groups in total. The highest BCUT2D eigenvalue weighted by Crippen LogP contribution is 2.62. The number of carbonyl (C=O) groups is 7. The molecule has 0 aromatic carbocycles. The maximum atomic E-state index is 13.1. The monoisotopic (exact) mass is 880 g/mol. The van der Waals surface area contributed by atoms with Gasteiger partial charge in [-0.2, -0.15) is 0 Å². The zero-order valence-electron chi connectivity index (χ0n) is 37.1. The highest BCUT2D eigenvalue weighted by atomic mass is 16.4. The lowest BCUT2D eigenvalue weighted by molar-refractivity contribution is -0.143. The summed E-state index contributed by atoms with van der Waals surface area (Å²) >= 11 is 0. The van der Waals surface area contributed by atoms with Crippen LogP contribution in [-0.4, -0.2) is 106 Å². The van der Waals surface area contributed by atoms with Crippen molar-refractivity contribution >= 4 is 58.9 Å². The molecule has 5 aliphatic heterocycles. The summed E-state index contributed by atoms with van der Waals surface area (Å²) in [4.78, 5) is 104. The molecule has 0 radical (unpaired) electrons. The quantitative estimate of drug-likeness (QED) is 0.0792. The van der Waals surface area contributed by atoms with Crippen LogP contribution in [0.5, 0.6) is 0 Å². The number of aliphatic carboxylic acids is 7. The highest BCUT2D eigenvalue weighted by molar-refractivity contribution is 6.10. The van der Waals surface area contributed by atoms with E-state index in [4.69, 9.17) is 15.0 Å². The first-order valence-corrected chi connectivity index (χ1v) is 21.3. The number of hydrogen-bond acceptors (Lipinski definition) is 11. The van der Waals surface area contributed by atoms with Gasteiger partial charge in [0.1, 0.15) is 0 Å². The fraction of sp³-hybridized carbons (Fsp3) is 0.644. The number of nitrogens with one attached hydrogen (secondary N) is 1. The smallest absolute Gasteiger partial charge is 0.304 e. The Morgan fingerprint density at radius 2 is 1.16 bits per heavy atom. The summed E-state index contributed by atoms with van der Waals surface area (Å²) in [6.07, 6.45) is -1.45. The SMILES string of the molecule is CC1=C2N=C(C=C3N/C(=C(/C)C4=N[C@@](C)([C@H]5N=C1[C@](C)(CCC(=O)O)[C@H]5CC(=O)O)[C@@](C)(CC(=O)O)[C@@H]4CCC(=O)O)[C@@](C)(CC(=O)O)[C@@H]3CCC(=O)O)C(C)(C)[C@@H]2CCC(=O)O. The first kappa shape index (κ1) is 48.4. The average Bonchev–Trinajstić information content (AvgIpc) is 3.75. The second-order valence-electron chi connectivity index (χ2n) is 19.5. The van der Waals surface area contributed by atoms with Crippen LogP contribution in [0.15, 0.2) is 49.3 Å². The second-order valence-corrected chi connectivity index (χ2v) is 19.5. The van der Waals surface area contributed by atoms with Gasteiger partial charge in [-0.1, -0.05) is 34.6 Å². The van der Waals surface area contributed by atoms with Crippen molar-refractivity contribution in [1.29, 1.82) is 0 Å². The second kappa shape index (κ2) is 17.1. The summed E-state index contributed by atoms with van der Waals surface area (Å²) in [7, 11) is 0. The van der Waals surface area contributed by atoms with E-state index in [1.165, 1.54) is 0 Å². The number of aliphatic imine (C=N–C) groups is 3. The van der Waals surface area contributed by atoms with Gasteiger partial charge in [0.2, 0.25) is 0 Å². The predicted octanol–water partition coefficient (Wildman–Crippen LogP) is 5.92.